The topological polar surface area (TPSA) is 66.5 Å². The van der Waals surface area contributed by atoms with Crippen molar-refractivity contribution in [1.29, 1.82) is 0 Å². The van der Waals surface area contributed by atoms with Gasteiger partial charge in [0.25, 0.3) is 0 Å². The summed E-state index contributed by atoms with van der Waals surface area (Å²) in [5.41, 5.74) is 6.35. The summed E-state index contributed by atoms with van der Waals surface area (Å²) in [7, 11) is 0. The smallest absolute Gasteiger partial charge is 0.223 e. The number of nitrogens with zero attached hydrogens (tertiary/aromatic N) is 3. The Morgan fingerprint density at radius 1 is 1.00 bits per heavy atom. The Morgan fingerprint density at radius 3 is 2.64 bits per heavy atom. The number of rotatable bonds is 4. The van der Waals surface area contributed by atoms with Gasteiger partial charge in [-0.3, -0.25) is 0 Å². The molecular formula is C23H23N5. The first-order valence-electron chi connectivity index (χ1n) is 9.90. The number of nitrogens with one attached hydrogen (secondary N) is 2. The van der Waals surface area contributed by atoms with Crippen LogP contribution in [0.4, 0.5) is 5.95 Å². The Morgan fingerprint density at radius 2 is 1.82 bits per heavy atom. The number of aromatic amines is 1. The molecule has 0 unspecified atom stereocenters. The number of benzene rings is 1. The highest BCUT2D eigenvalue weighted by atomic mass is 15.1. The van der Waals surface area contributed by atoms with Gasteiger partial charge < -0.3 is 10.3 Å². The van der Waals surface area contributed by atoms with Crippen molar-refractivity contribution in [3.63, 3.8) is 0 Å². The van der Waals surface area contributed by atoms with Crippen LogP contribution in [0.25, 0.3) is 33.4 Å². The second kappa shape index (κ2) is 7.08. The molecule has 0 amide bonds. The molecule has 4 aromatic rings. The number of hydrogen-bond donors (Lipinski definition) is 2. The highest BCUT2D eigenvalue weighted by Gasteiger charge is 2.16. The maximum atomic E-state index is 4.77. The molecular weight excluding hydrogens is 346 g/mol. The van der Waals surface area contributed by atoms with Crippen LogP contribution >= 0.6 is 0 Å². The van der Waals surface area contributed by atoms with Gasteiger partial charge in [-0.1, -0.05) is 42.7 Å². The zero-order valence-electron chi connectivity index (χ0n) is 15.9. The van der Waals surface area contributed by atoms with Gasteiger partial charge in [-0.15, -0.1) is 0 Å². The summed E-state index contributed by atoms with van der Waals surface area (Å²) < 4.78 is 0. The van der Waals surface area contributed by atoms with Crippen LogP contribution in [0.15, 0.2) is 55.0 Å². The van der Waals surface area contributed by atoms with E-state index in [1.807, 2.05) is 24.7 Å². The van der Waals surface area contributed by atoms with Gasteiger partial charge in [0, 0.05) is 41.1 Å². The molecule has 140 valence electrons. The van der Waals surface area contributed by atoms with E-state index in [0.717, 1.165) is 27.9 Å². The highest BCUT2D eigenvalue weighted by Crippen LogP contribution is 2.30. The Kier molecular flexibility index (Phi) is 4.28. The minimum Gasteiger partial charge on any atom is -0.351 e. The van der Waals surface area contributed by atoms with E-state index in [4.69, 9.17) is 4.98 Å². The molecule has 0 radical (unpaired) electrons. The summed E-state index contributed by atoms with van der Waals surface area (Å²) in [6.45, 7) is 2.10. The molecule has 1 aliphatic rings. The average molecular weight is 369 g/mol. The zero-order valence-corrected chi connectivity index (χ0v) is 15.9. The molecule has 0 spiro atoms. The molecule has 0 atom stereocenters. The third-order valence-corrected chi connectivity index (χ3v) is 5.54. The van der Waals surface area contributed by atoms with Crippen molar-refractivity contribution in [2.24, 2.45) is 0 Å². The summed E-state index contributed by atoms with van der Waals surface area (Å²) in [6.07, 6.45) is 10.7. The van der Waals surface area contributed by atoms with Crippen molar-refractivity contribution in [2.45, 2.75) is 38.6 Å². The number of H-pyrrole nitrogens is 1. The number of aromatic nitrogens is 4. The molecule has 1 fully saturated rings. The lowest BCUT2D eigenvalue weighted by Gasteiger charge is -2.12. The molecule has 1 saturated carbocycles. The average Bonchev–Trinajstić information content (AvgIpc) is 3.38. The molecule has 5 heteroatoms. The fourth-order valence-corrected chi connectivity index (χ4v) is 3.95. The van der Waals surface area contributed by atoms with Crippen molar-refractivity contribution in [2.75, 3.05) is 5.32 Å². The number of fused-ring (bicyclic) bond motifs is 1. The fraction of sp³-hybridized carbons (Fsp3) is 0.261. The number of pyridine rings is 1. The lowest BCUT2D eigenvalue weighted by atomic mass is 10.0. The van der Waals surface area contributed by atoms with Crippen LogP contribution < -0.4 is 5.32 Å². The summed E-state index contributed by atoms with van der Waals surface area (Å²) in [6, 6.07) is 13.2. The van der Waals surface area contributed by atoms with Crippen LogP contribution in [0.3, 0.4) is 0 Å². The third-order valence-electron chi connectivity index (χ3n) is 5.54. The first-order chi connectivity index (χ1) is 13.8. The van der Waals surface area contributed by atoms with Crippen LogP contribution in [-0.2, 0) is 0 Å². The molecule has 5 rings (SSSR count). The molecule has 0 aliphatic heterocycles. The Bertz CT molecular complexity index is 1110. The standard InChI is InChI=1S/C23H23N5/c1-15-6-8-16(9-7-15)17-12-19-20(14-26-22(19)25-13-17)21-10-11-24-23(28-21)27-18-4-2-3-5-18/h6-14,18H,2-5H2,1H3,(H,25,26)(H,24,27,28). The fourth-order valence-electron chi connectivity index (χ4n) is 3.95. The maximum Gasteiger partial charge on any atom is 0.223 e. The number of hydrogen-bond acceptors (Lipinski definition) is 4. The van der Waals surface area contributed by atoms with E-state index in [-0.39, 0.29) is 0 Å². The first kappa shape index (κ1) is 16.9. The van der Waals surface area contributed by atoms with Crippen molar-refractivity contribution in [3.05, 3.63) is 60.6 Å². The van der Waals surface area contributed by atoms with Gasteiger partial charge >= 0.3 is 0 Å². The first-order valence-corrected chi connectivity index (χ1v) is 9.90. The second-order valence-electron chi connectivity index (χ2n) is 7.58. The molecule has 5 nitrogen and oxygen atoms in total. The van der Waals surface area contributed by atoms with E-state index in [1.165, 1.54) is 36.8 Å². The van der Waals surface area contributed by atoms with Gasteiger partial charge in [-0.2, -0.15) is 0 Å². The van der Waals surface area contributed by atoms with Crippen LogP contribution in [-0.4, -0.2) is 26.0 Å². The van der Waals surface area contributed by atoms with Gasteiger partial charge in [0.2, 0.25) is 5.95 Å². The van der Waals surface area contributed by atoms with Gasteiger partial charge in [-0.05, 0) is 37.5 Å². The Labute approximate surface area is 164 Å². The van der Waals surface area contributed by atoms with E-state index >= 15 is 0 Å². The van der Waals surface area contributed by atoms with Crippen LogP contribution in [0.1, 0.15) is 31.2 Å². The summed E-state index contributed by atoms with van der Waals surface area (Å²) in [4.78, 5) is 17.1. The third kappa shape index (κ3) is 3.24. The van der Waals surface area contributed by atoms with Crippen LogP contribution in [0, 0.1) is 6.92 Å². The molecule has 0 bridgehead atoms. The van der Waals surface area contributed by atoms with E-state index < -0.39 is 0 Å². The molecule has 0 saturated heterocycles. The van der Waals surface area contributed by atoms with E-state index in [9.17, 15) is 0 Å². The van der Waals surface area contributed by atoms with Gasteiger partial charge in [0.05, 0.1) is 5.69 Å². The normalized spacial score (nSPS) is 14.6. The minimum absolute atomic E-state index is 0.494. The van der Waals surface area contributed by atoms with Crippen LogP contribution in [0.5, 0.6) is 0 Å². The highest BCUT2D eigenvalue weighted by molar-refractivity contribution is 5.95. The summed E-state index contributed by atoms with van der Waals surface area (Å²) >= 11 is 0. The summed E-state index contributed by atoms with van der Waals surface area (Å²) in [5.74, 6) is 0.710. The predicted octanol–water partition coefficient (Wildman–Crippen LogP) is 5.35. The number of anilines is 1. The van der Waals surface area contributed by atoms with Gasteiger partial charge in [0.15, 0.2) is 0 Å². The lowest BCUT2D eigenvalue weighted by molar-refractivity contribution is 0.744. The molecule has 3 aromatic heterocycles. The summed E-state index contributed by atoms with van der Waals surface area (Å²) in [5, 5.41) is 4.56. The van der Waals surface area contributed by atoms with Gasteiger partial charge in [0.1, 0.15) is 5.65 Å². The van der Waals surface area contributed by atoms with E-state index in [0.29, 0.717) is 12.0 Å². The predicted molar refractivity (Wildman–Crippen MR) is 113 cm³/mol. The minimum atomic E-state index is 0.494. The molecule has 3 heterocycles. The largest absolute Gasteiger partial charge is 0.351 e. The lowest BCUT2D eigenvalue weighted by Crippen LogP contribution is -2.16. The van der Waals surface area contributed by atoms with E-state index in [2.05, 4.69) is 57.5 Å². The molecule has 1 aliphatic carbocycles. The van der Waals surface area contributed by atoms with Crippen molar-refractivity contribution < 1.29 is 0 Å². The maximum absolute atomic E-state index is 4.77. The SMILES string of the molecule is Cc1ccc(-c2cnc3[nH]cc(-c4ccnc(NC5CCCC5)n4)c3c2)cc1. The number of aryl methyl sites for hydroxylation is 1. The molecule has 2 N–H and O–H groups in total. The Hall–Kier alpha value is -3.21. The molecule has 28 heavy (non-hydrogen) atoms. The van der Waals surface area contributed by atoms with Gasteiger partial charge in [-0.25, -0.2) is 15.0 Å². The van der Waals surface area contributed by atoms with Crippen molar-refractivity contribution in [3.8, 4) is 22.4 Å². The quantitative estimate of drug-likeness (QED) is 0.509. The Balaban J connectivity index is 1.52. The van der Waals surface area contributed by atoms with Crippen molar-refractivity contribution >= 4 is 17.0 Å². The zero-order chi connectivity index (χ0) is 18.9. The van der Waals surface area contributed by atoms with Crippen molar-refractivity contribution in [1.82, 2.24) is 19.9 Å². The van der Waals surface area contributed by atoms with Crippen LogP contribution in [0.2, 0.25) is 0 Å². The molecule has 1 aromatic carbocycles. The monoisotopic (exact) mass is 369 g/mol. The second-order valence-corrected chi connectivity index (χ2v) is 7.58. The van der Waals surface area contributed by atoms with E-state index in [1.54, 1.807) is 0 Å².